The Labute approximate surface area is 112 Å². The monoisotopic (exact) mass is 249 g/mol. The standard InChI is InChI=1S/C16H27NO/c1-7-16(3,4)15(17-5)11-13-10-12(2)8-9-14(13)18-6/h8-10,15,17H,7,11H2,1-6H3. The van der Waals surface area contributed by atoms with E-state index in [1.807, 2.05) is 7.05 Å². The summed E-state index contributed by atoms with van der Waals surface area (Å²) in [6.45, 7) is 9.01. The van der Waals surface area contributed by atoms with Crippen molar-refractivity contribution in [3.63, 3.8) is 0 Å². The number of aryl methyl sites for hydroxylation is 1. The Morgan fingerprint density at radius 3 is 2.50 bits per heavy atom. The molecule has 0 spiro atoms. The smallest absolute Gasteiger partial charge is 0.122 e. The zero-order chi connectivity index (χ0) is 13.8. The normalized spacial score (nSPS) is 13.4. The number of benzene rings is 1. The maximum atomic E-state index is 5.46. The molecule has 1 rings (SSSR count). The molecule has 0 fully saturated rings. The lowest BCUT2D eigenvalue weighted by Crippen LogP contribution is -2.41. The van der Waals surface area contributed by atoms with Gasteiger partial charge in [0.25, 0.3) is 0 Å². The van der Waals surface area contributed by atoms with E-state index in [1.165, 1.54) is 11.1 Å². The average Bonchev–Trinajstić information content (AvgIpc) is 2.35. The van der Waals surface area contributed by atoms with Crippen LogP contribution in [0.2, 0.25) is 0 Å². The summed E-state index contributed by atoms with van der Waals surface area (Å²) in [5.74, 6) is 0.993. The molecule has 2 nitrogen and oxygen atoms in total. The van der Waals surface area contributed by atoms with Crippen molar-refractivity contribution in [3.05, 3.63) is 29.3 Å². The van der Waals surface area contributed by atoms with Gasteiger partial charge in [-0.3, -0.25) is 0 Å². The van der Waals surface area contributed by atoms with Crippen LogP contribution in [0.15, 0.2) is 18.2 Å². The van der Waals surface area contributed by atoms with E-state index >= 15 is 0 Å². The Balaban J connectivity index is 2.97. The minimum Gasteiger partial charge on any atom is -0.496 e. The van der Waals surface area contributed by atoms with Crippen LogP contribution in [-0.2, 0) is 6.42 Å². The number of methoxy groups -OCH3 is 1. The summed E-state index contributed by atoms with van der Waals surface area (Å²) in [6.07, 6.45) is 2.16. The van der Waals surface area contributed by atoms with E-state index in [2.05, 4.69) is 51.2 Å². The Hall–Kier alpha value is -1.02. The Bertz CT molecular complexity index is 385. The van der Waals surface area contributed by atoms with Crippen LogP contribution in [0, 0.1) is 12.3 Å². The minimum absolute atomic E-state index is 0.281. The van der Waals surface area contributed by atoms with Crippen molar-refractivity contribution in [2.45, 2.75) is 46.6 Å². The first-order chi connectivity index (χ1) is 8.44. The molecule has 102 valence electrons. The third-order valence-corrected chi connectivity index (χ3v) is 4.06. The minimum atomic E-state index is 0.281. The van der Waals surface area contributed by atoms with Crippen molar-refractivity contribution in [1.82, 2.24) is 5.32 Å². The van der Waals surface area contributed by atoms with Gasteiger partial charge in [0.15, 0.2) is 0 Å². The zero-order valence-electron chi connectivity index (χ0n) is 12.6. The molecule has 1 unspecified atom stereocenters. The molecule has 1 N–H and O–H groups in total. The van der Waals surface area contributed by atoms with Gasteiger partial charge in [-0.2, -0.15) is 0 Å². The van der Waals surface area contributed by atoms with E-state index in [4.69, 9.17) is 4.74 Å². The molecule has 0 aliphatic heterocycles. The molecule has 0 saturated carbocycles. The lowest BCUT2D eigenvalue weighted by Gasteiger charge is -2.33. The van der Waals surface area contributed by atoms with Crippen molar-refractivity contribution in [2.24, 2.45) is 5.41 Å². The van der Waals surface area contributed by atoms with Crippen LogP contribution < -0.4 is 10.1 Å². The van der Waals surface area contributed by atoms with E-state index in [0.29, 0.717) is 6.04 Å². The first-order valence-corrected chi connectivity index (χ1v) is 6.75. The van der Waals surface area contributed by atoms with E-state index in [0.717, 1.165) is 18.6 Å². The maximum absolute atomic E-state index is 5.46. The van der Waals surface area contributed by atoms with Crippen molar-refractivity contribution in [3.8, 4) is 5.75 Å². The van der Waals surface area contributed by atoms with Gasteiger partial charge < -0.3 is 10.1 Å². The fourth-order valence-corrected chi connectivity index (χ4v) is 2.30. The number of hydrogen-bond donors (Lipinski definition) is 1. The van der Waals surface area contributed by atoms with Crippen molar-refractivity contribution in [2.75, 3.05) is 14.2 Å². The molecule has 0 aliphatic carbocycles. The van der Waals surface area contributed by atoms with Crippen molar-refractivity contribution in [1.29, 1.82) is 0 Å². The molecular weight excluding hydrogens is 222 g/mol. The van der Waals surface area contributed by atoms with E-state index in [-0.39, 0.29) is 5.41 Å². The number of nitrogens with one attached hydrogen (secondary N) is 1. The number of ether oxygens (including phenoxy) is 1. The van der Waals surface area contributed by atoms with Crippen LogP contribution >= 0.6 is 0 Å². The van der Waals surface area contributed by atoms with Gasteiger partial charge in [-0.05, 0) is 43.9 Å². The van der Waals surface area contributed by atoms with Gasteiger partial charge in [0.2, 0.25) is 0 Å². The first-order valence-electron chi connectivity index (χ1n) is 6.75. The van der Waals surface area contributed by atoms with Crippen LogP contribution in [0.5, 0.6) is 5.75 Å². The molecule has 0 aromatic heterocycles. The zero-order valence-corrected chi connectivity index (χ0v) is 12.6. The third kappa shape index (κ3) is 3.49. The highest BCUT2D eigenvalue weighted by Crippen LogP contribution is 2.30. The molecule has 1 atom stereocenters. The molecule has 0 amide bonds. The summed E-state index contributed by atoms with van der Waals surface area (Å²) in [5.41, 5.74) is 2.86. The topological polar surface area (TPSA) is 21.3 Å². The van der Waals surface area contributed by atoms with Gasteiger partial charge in [-0.25, -0.2) is 0 Å². The molecule has 1 aromatic carbocycles. The molecule has 0 heterocycles. The predicted molar refractivity (Wildman–Crippen MR) is 78.4 cm³/mol. The second-order valence-electron chi connectivity index (χ2n) is 5.70. The fraction of sp³-hybridized carbons (Fsp3) is 0.625. The predicted octanol–water partition coefficient (Wildman–Crippen LogP) is 3.57. The quantitative estimate of drug-likeness (QED) is 0.832. The highest BCUT2D eigenvalue weighted by atomic mass is 16.5. The second kappa shape index (κ2) is 6.24. The first kappa shape index (κ1) is 15.0. The van der Waals surface area contributed by atoms with Crippen LogP contribution in [0.1, 0.15) is 38.3 Å². The second-order valence-corrected chi connectivity index (χ2v) is 5.70. The summed E-state index contributed by atoms with van der Waals surface area (Å²) in [7, 11) is 3.79. The van der Waals surface area contributed by atoms with Gasteiger partial charge in [0.1, 0.15) is 5.75 Å². The Kier molecular flexibility index (Phi) is 5.21. The molecule has 0 saturated heterocycles. The van der Waals surface area contributed by atoms with Crippen LogP contribution in [0.3, 0.4) is 0 Å². The molecule has 2 heteroatoms. The van der Waals surface area contributed by atoms with Crippen molar-refractivity contribution < 1.29 is 4.74 Å². The maximum Gasteiger partial charge on any atom is 0.122 e. The summed E-state index contributed by atoms with van der Waals surface area (Å²) >= 11 is 0. The molecule has 0 aliphatic rings. The van der Waals surface area contributed by atoms with E-state index < -0.39 is 0 Å². The van der Waals surface area contributed by atoms with E-state index in [1.54, 1.807) is 7.11 Å². The summed E-state index contributed by atoms with van der Waals surface area (Å²) < 4.78 is 5.46. The van der Waals surface area contributed by atoms with Gasteiger partial charge in [0, 0.05) is 6.04 Å². The largest absolute Gasteiger partial charge is 0.496 e. The molecule has 1 aromatic rings. The van der Waals surface area contributed by atoms with Gasteiger partial charge in [-0.1, -0.05) is 38.5 Å². The lowest BCUT2D eigenvalue weighted by atomic mass is 9.79. The number of likely N-dealkylation sites (N-methyl/N-ethyl adjacent to an activating group) is 1. The number of rotatable bonds is 6. The highest BCUT2D eigenvalue weighted by molar-refractivity contribution is 5.37. The summed E-state index contributed by atoms with van der Waals surface area (Å²) in [5, 5.41) is 3.46. The summed E-state index contributed by atoms with van der Waals surface area (Å²) in [4.78, 5) is 0. The van der Waals surface area contributed by atoms with Crippen molar-refractivity contribution >= 4 is 0 Å². The van der Waals surface area contributed by atoms with Gasteiger partial charge in [-0.15, -0.1) is 0 Å². The van der Waals surface area contributed by atoms with Crippen LogP contribution in [0.4, 0.5) is 0 Å². The SMILES string of the molecule is CCC(C)(C)C(Cc1cc(C)ccc1OC)NC. The molecule has 0 radical (unpaired) electrons. The fourth-order valence-electron chi connectivity index (χ4n) is 2.30. The number of hydrogen-bond acceptors (Lipinski definition) is 2. The Morgan fingerprint density at radius 2 is 2.00 bits per heavy atom. The third-order valence-electron chi connectivity index (χ3n) is 4.06. The molecule has 18 heavy (non-hydrogen) atoms. The Morgan fingerprint density at radius 1 is 1.33 bits per heavy atom. The summed E-state index contributed by atoms with van der Waals surface area (Å²) in [6, 6.07) is 6.85. The van der Waals surface area contributed by atoms with Gasteiger partial charge >= 0.3 is 0 Å². The average molecular weight is 249 g/mol. The van der Waals surface area contributed by atoms with E-state index in [9.17, 15) is 0 Å². The van der Waals surface area contributed by atoms with Crippen LogP contribution in [0.25, 0.3) is 0 Å². The van der Waals surface area contributed by atoms with Gasteiger partial charge in [0.05, 0.1) is 7.11 Å². The molecule has 0 bridgehead atoms. The molecular formula is C16H27NO. The highest BCUT2D eigenvalue weighted by Gasteiger charge is 2.27. The van der Waals surface area contributed by atoms with Crippen LogP contribution in [-0.4, -0.2) is 20.2 Å². The lowest BCUT2D eigenvalue weighted by molar-refractivity contribution is 0.239.